The molecule has 1 heterocycles. The Labute approximate surface area is 124 Å². The van der Waals surface area contributed by atoms with E-state index in [1.165, 1.54) is 0 Å². The van der Waals surface area contributed by atoms with Crippen molar-refractivity contribution in [2.45, 2.75) is 32.8 Å². The molecule has 2 rings (SSSR count). The quantitative estimate of drug-likeness (QED) is 0.925. The van der Waals surface area contributed by atoms with Crippen LogP contribution in [0.3, 0.4) is 0 Å². The van der Waals surface area contributed by atoms with Gasteiger partial charge in [-0.05, 0) is 44.9 Å². The van der Waals surface area contributed by atoms with Crippen LogP contribution < -0.4 is 4.74 Å². The molecule has 0 aromatic heterocycles. The zero-order chi connectivity index (χ0) is 15.4. The van der Waals surface area contributed by atoms with Gasteiger partial charge in [-0.1, -0.05) is 6.07 Å². The van der Waals surface area contributed by atoms with Crippen molar-refractivity contribution >= 4 is 11.9 Å². The molecule has 1 aromatic rings. The van der Waals surface area contributed by atoms with Crippen molar-refractivity contribution in [3.05, 3.63) is 29.8 Å². The third kappa shape index (κ3) is 3.97. The number of amides is 1. The Morgan fingerprint density at radius 2 is 2.14 bits per heavy atom. The number of hydrogen-bond acceptors (Lipinski definition) is 3. The summed E-state index contributed by atoms with van der Waals surface area (Å²) in [4.78, 5) is 25.2. The minimum Gasteiger partial charge on any atom is -0.491 e. The number of ether oxygens (including phenoxy) is 1. The molecule has 1 aliphatic heterocycles. The van der Waals surface area contributed by atoms with Gasteiger partial charge in [0.05, 0.1) is 12.0 Å². The maximum atomic E-state index is 12.5. The first-order valence-electron chi connectivity index (χ1n) is 7.26. The van der Waals surface area contributed by atoms with Crippen molar-refractivity contribution in [2.75, 3.05) is 13.1 Å². The second kappa shape index (κ2) is 6.61. The van der Waals surface area contributed by atoms with Crippen molar-refractivity contribution in [3.8, 4) is 5.75 Å². The summed E-state index contributed by atoms with van der Waals surface area (Å²) in [6.45, 7) is 4.74. The van der Waals surface area contributed by atoms with E-state index >= 15 is 0 Å². The zero-order valence-electron chi connectivity index (χ0n) is 12.4. The molecule has 0 spiro atoms. The number of hydrogen-bond donors (Lipinski definition) is 1. The van der Waals surface area contributed by atoms with Crippen molar-refractivity contribution in [1.82, 2.24) is 4.90 Å². The molecule has 0 saturated carbocycles. The Morgan fingerprint density at radius 3 is 2.81 bits per heavy atom. The van der Waals surface area contributed by atoms with E-state index in [0.29, 0.717) is 24.3 Å². The van der Waals surface area contributed by atoms with Gasteiger partial charge >= 0.3 is 5.97 Å². The van der Waals surface area contributed by atoms with Crippen LogP contribution >= 0.6 is 0 Å². The monoisotopic (exact) mass is 291 g/mol. The van der Waals surface area contributed by atoms with Crippen molar-refractivity contribution in [3.63, 3.8) is 0 Å². The number of benzene rings is 1. The fraction of sp³-hybridized carbons (Fsp3) is 0.500. The number of nitrogens with zero attached hydrogens (tertiary/aromatic N) is 1. The van der Waals surface area contributed by atoms with Gasteiger partial charge in [0.15, 0.2) is 0 Å². The van der Waals surface area contributed by atoms with Crippen LogP contribution in [0.1, 0.15) is 37.0 Å². The topological polar surface area (TPSA) is 66.8 Å². The van der Waals surface area contributed by atoms with E-state index in [-0.39, 0.29) is 18.6 Å². The molecule has 114 valence electrons. The van der Waals surface area contributed by atoms with Gasteiger partial charge in [-0.2, -0.15) is 0 Å². The standard InChI is InChI=1S/C16H21NO4/c1-11(2)21-14-7-3-5-12(9-14)15(18)17-8-4-6-13(10-17)16(19)20/h3,5,7,9,11,13H,4,6,8,10H2,1-2H3,(H,19,20)/t13-/m0/s1. The van der Waals surface area contributed by atoms with Crippen LogP contribution in [0.4, 0.5) is 0 Å². The molecule has 5 nitrogen and oxygen atoms in total. The number of piperidine rings is 1. The lowest BCUT2D eigenvalue weighted by Crippen LogP contribution is -2.42. The number of carbonyl (C=O) groups excluding carboxylic acids is 1. The maximum Gasteiger partial charge on any atom is 0.308 e. The Bertz CT molecular complexity index is 527. The van der Waals surface area contributed by atoms with Gasteiger partial charge in [-0.25, -0.2) is 0 Å². The highest BCUT2D eigenvalue weighted by Crippen LogP contribution is 2.21. The molecule has 1 N–H and O–H groups in total. The van der Waals surface area contributed by atoms with Gasteiger partial charge in [0.1, 0.15) is 5.75 Å². The maximum absolute atomic E-state index is 12.5. The van der Waals surface area contributed by atoms with Crippen molar-refractivity contribution < 1.29 is 19.4 Å². The Balaban J connectivity index is 2.10. The second-order valence-corrected chi connectivity index (χ2v) is 5.62. The fourth-order valence-electron chi connectivity index (χ4n) is 2.52. The average molecular weight is 291 g/mol. The minimum absolute atomic E-state index is 0.0433. The minimum atomic E-state index is -0.829. The van der Waals surface area contributed by atoms with E-state index in [9.17, 15) is 9.59 Å². The summed E-state index contributed by atoms with van der Waals surface area (Å²) in [5.41, 5.74) is 0.541. The van der Waals surface area contributed by atoms with E-state index in [2.05, 4.69) is 0 Å². The smallest absolute Gasteiger partial charge is 0.308 e. The van der Waals surface area contributed by atoms with Crippen LogP contribution in [0.15, 0.2) is 24.3 Å². The Hall–Kier alpha value is -2.04. The summed E-state index contributed by atoms with van der Waals surface area (Å²) in [5, 5.41) is 9.09. The van der Waals surface area contributed by atoms with Gasteiger partial charge in [0.2, 0.25) is 0 Å². The SMILES string of the molecule is CC(C)Oc1cccc(C(=O)N2CCC[C@H](C(=O)O)C2)c1. The summed E-state index contributed by atoms with van der Waals surface area (Å²) in [6, 6.07) is 7.04. The van der Waals surface area contributed by atoms with E-state index in [4.69, 9.17) is 9.84 Å². The summed E-state index contributed by atoms with van der Waals surface area (Å²) in [6.07, 6.45) is 1.40. The highest BCUT2D eigenvalue weighted by atomic mass is 16.5. The summed E-state index contributed by atoms with van der Waals surface area (Å²) < 4.78 is 5.59. The molecule has 0 aliphatic carbocycles. The molecule has 1 saturated heterocycles. The zero-order valence-corrected chi connectivity index (χ0v) is 12.4. The van der Waals surface area contributed by atoms with Crippen LogP contribution in [0.25, 0.3) is 0 Å². The number of carboxylic acids is 1. The van der Waals surface area contributed by atoms with Gasteiger partial charge < -0.3 is 14.7 Å². The molecule has 5 heteroatoms. The summed E-state index contributed by atoms with van der Waals surface area (Å²) >= 11 is 0. The van der Waals surface area contributed by atoms with Gasteiger partial charge in [0, 0.05) is 18.7 Å². The van der Waals surface area contributed by atoms with Gasteiger partial charge in [-0.15, -0.1) is 0 Å². The van der Waals surface area contributed by atoms with Crippen LogP contribution in [0.5, 0.6) is 5.75 Å². The Morgan fingerprint density at radius 1 is 1.38 bits per heavy atom. The number of carbonyl (C=O) groups is 2. The molecule has 1 aliphatic rings. The first-order chi connectivity index (χ1) is 9.97. The largest absolute Gasteiger partial charge is 0.491 e. The lowest BCUT2D eigenvalue weighted by Gasteiger charge is -2.30. The fourth-order valence-corrected chi connectivity index (χ4v) is 2.52. The van der Waals surface area contributed by atoms with E-state index in [0.717, 1.165) is 6.42 Å². The summed E-state index contributed by atoms with van der Waals surface area (Å²) in [5.74, 6) is -0.764. The normalized spacial score (nSPS) is 18.6. The van der Waals surface area contributed by atoms with Crippen molar-refractivity contribution in [1.29, 1.82) is 0 Å². The molecule has 0 unspecified atom stereocenters. The van der Waals surface area contributed by atoms with Gasteiger partial charge in [-0.3, -0.25) is 9.59 Å². The first-order valence-corrected chi connectivity index (χ1v) is 7.26. The molecule has 1 amide bonds. The third-order valence-corrected chi connectivity index (χ3v) is 3.51. The molecule has 21 heavy (non-hydrogen) atoms. The number of aliphatic carboxylic acids is 1. The summed E-state index contributed by atoms with van der Waals surface area (Å²) in [7, 11) is 0. The highest BCUT2D eigenvalue weighted by molar-refractivity contribution is 5.95. The molecule has 0 radical (unpaired) electrons. The van der Waals surface area contributed by atoms with Crippen LogP contribution in [0, 0.1) is 5.92 Å². The van der Waals surface area contributed by atoms with E-state index < -0.39 is 11.9 Å². The van der Waals surface area contributed by atoms with Crippen LogP contribution in [0.2, 0.25) is 0 Å². The van der Waals surface area contributed by atoms with Gasteiger partial charge in [0.25, 0.3) is 5.91 Å². The van der Waals surface area contributed by atoms with Crippen molar-refractivity contribution in [2.24, 2.45) is 5.92 Å². The van der Waals surface area contributed by atoms with Crippen LogP contribution in [-0.4, -0.2) is 41.1 Å². The lowest BCUT2D eigenvalue weighted by molar-refractivity contribution is -0.143. The predicted octanol–water partition coefficient (Wildman–Crippen LogP) is 2.41. The predicted molar refractivity (Wildman–Crippen MR) is 78.5 cm³/mol. The number of likely N-dealkylation sites (tertiary alicyclic amines) is 1. The first kappa shape index (κ1) is 15.4. The van der Waals surface area contributed by atoms with E-state index in [1.54, 1.807) is 23.1 Å². The molecular formula is C16H21NO4. The van der Waals surface area contributed by atoms with E-state index in [1.807, 2.05) is 19.9 Å². The van der Waals surface area contributed by atoms with Crippen LogP contribution in [-0.2, 0) is 4.79 Å². The molecule has 1 aromatic carbocycles. The second-order valence-electron chi connectivity index (χ2n) is 5.62. The molecular weight excluding hydrogens is 270 g/mol. The molecule has 1 atom stereocenters. The number of carboxylic acid groups (broad SMARTS) is 1. The lowest BCUT2D eigenvalue weighted by atomic mass is 9.97. The molecule has 0 bridgehead atoms. The highest BCUT2D eigenvalue weighted by Gasteiger charge is 2.28. The number of rotatable bonds is 4. The Kier molecular flexibility index (Phi) is 4.83. The third-order valence-electron chi connectivity index (χ3n) is 3.51. The molecule has 1 fully saturated rings. The average Bonchev–Trinajstić information content (AvgIpc) is 2.46.